The summed E-state index contributed by atoms with van der Waals surface area (Å²) in [7, 11) is 0. The summed E-state index contributed by atoms with van der Waals surface area (Å²) in [4.78, 5) is 11.3. The van der Waals surface area contributed by atoms with E-state index in [1.54, 1.807) is 0 Å². The Balaban J connectivity index is 2.59. The van der Waals surface area contributed by atoms with Crippen LogP contribution in [-0.4, -0.2) is 11.9 Å². The first-order valence-electron chi connectivity index (χ1n) is 5.66. The molecule has 0 amide bonds. The number of hydrogen-bond donors (Lipinski definition) is 0. The van der Waals surface area contributed by atoms with Crippen LogP contribution in [0.5, 0.6) is 5.75 Å². The lowest BCUT2D eigenvalue weighted by Crippen LogP contribution is -2.53. The summed E-state index contributed by atoms with van der Waals surface area (Å²) in [6.07, 6.45) is 0.930. The maximum absolute atomic E-state index is 11.3. The first-order chi connectivity index (χ1) is 7.42. The van der Waals surface area contributed by atoms with Crippen LogP contribution in [-0.2, 0) is 4.79 Å². The summed E-state index contributed by atoms with van der Waals surface area (Å²) in [5, 5.41) is 0. The molecule has 1 aliphatic rings. The Morgan fingerprint density at radius 2 is 1.88 bits per heavy atom. The van der Waals surface area contributed by atoms with Crippen LogP contribution in [0.25, 0.3) is 0 Å². The third-order valence-corrected chi connectivity index (χ3v) is 4.29. The molecule has 2 atom stereocenters. The molecule has 2 heteroatoms. The van der Waals surface area contributed by atoms with Crippen molar-refractivity contribution in [2.75, 3.05) is 0 Å². The lowest BCUT2D eigenvalue weighted by molar-refractivity contribution is -0.134. The Morgan fingerprint density at radius 3 is 2.50 bits per heavy atom. The van der Waals surface area contributed by atoms with Crippen molar-refractivity contribution in [1.82, 2.24) is 0 Å². The van der Waals surface area contributed by atoms with E-state index in [9.17, 15) is 4.79 Å². The van der Waals surface area contributed by atoms with Crippen molar-refractivity contribution < 1.29 is 9.53 Å². The molecular formula is C14H18O2. The van der Waals surface area contributed by atoms with Crippen LogP contribution < -0.4 is 4.74 Å². The molecular weight excluding hydrogens is 200 g/mol. The number of benzene rings is 1. The summed E-state index contributed by atoms with van der Waals surface area (Å²) in [6.45, 7) is 8.19. The van der Waals surface area contributed by atoms with Crippen LogP contribution in [0.15, 0.2) is 24.3 Å². The van der Waals surface area contributed by atoms with Crippen molar-refractivity contribution in [3.63, 3.8) is 0 Å². The number of fused-ring (bicyclic) bond motifs is 1. The molecule has 16 heavy (non-hydrogen) atoms. The maximum Gasteiger partial charge on any atom is 0.166 e. The number of carbonyl (C=O) groups excluding carboxylic acids is 1. The topological polar surface area (TPSA) is 26.3 Å². The normalized spacial score (nSPS) is 31.4. The van der Waals surface area contributed by atoms with Crippen molar-refractivity contribution in [2.45, 2.75) is 39.2 Å². The van der Waals surface area contributed by atoms with Crippen LogP contribution in [0, 0.1) is 5.41 Å². The number of aldehydes is 1. The van der Waals surface area contributed by atoms with Crippen LogP contribution in [0.2, 0.25) is 0 Å². The number of rotatable bonds is 1. The molecule has 0 saturated heterocycles. The Hall–Kier alpha value is -1.31. The second-order valence-electron chi connectivity index (χ2n) is 5.31. The number of hydrogen-bond acceptors (Lipinski definition) is 2. The molecule has 86 valence electrons. The second-order valence-corrected chi connectivity index (χ2v) is 5.31. The molecule has 0 fully saturated rings. The molecule has 0 N–H and O–H groups in total. The second kappa shape index (κ2) is 3.34. The highest BCUT2D eigenvalue weighted by Crippen LogP contribution is 2.51. The van der Waals surface area contributed by atoms with Crippen molar-refractivity contribution in [1.29, 1.82) is 0 Å². The molecule has 1 aromatic rings. The van der Waals surface area contributed by atoms with Crippen LogP contribution in [0.3, 0.4) is 0 Å². The Morgan fingerprint density at radius 1 is 1.25 bits per heavy atom. The summed E-state index contributed by atoms with van der Waals surface area (Å²) in [6, 6.07) is 7.96. The van der Waals surface area contributed by atoms with Crippen LogP contribution in [0.1, 0.15) is 39.2 Å². The third kappa shape index (κ3) is 1.29. The van der Waals surface area contributed by atoms with Gasteiger partial charge in [-0.05, 0) is 24.5 Å². The highest BCUT2D eigenvalue weighted by Gasteiger charge is 2.51. The average Bonchev–Trinajstić information content (AvgIpc) is 2.27. The summed E-state index contributed by atoms with van der Waals surface area (Å²) < 4.78 is 5.89. The first-order valence-corrected chi connectivity index (χ1v) is 5.66. The lowest BCUT2D eigenvalue weighted by Gasteiger charge is -2.48. The van der Waals surface area contributed by atoms with Gasteiger partial charge in [-0.1, -0.05) is 39.0 Å². The average molecular weight is 218 g/mol. The van der Waals surface area contributed by atoms with Crippen LogP contribution >= 0.6 is 0 Å². The fourth-order valence-corrected chi connectivity index (χ4v) is 2.29. The van der Waals surface area contributed by atoms with Gasteiger partial charge in [0.05, 0.1) is 0 Å². The molecule has 0 aliphatic carbocycles. The van der Waals surface area contributed by atoms with Gasteiger partial charge in [0.1, 0.15) is 5.75 Å². The minimum absolute atomic E-state index is 0.205. The smallest absolute Gasteiger partial charge is 0.166 e. The summed E-state index contributed by atoms with van der Waals surface area (Å²) in [5.41, 5.74) is 0.232. The molecule has 2 rings (SSSR count). The number of carbonyl (C=O) groups is 1. The van der Waals surface area contributed by atoms with Crippen molar-refractivity contribution in [3.8, 4) is 5.75 Å². The zero-order chi connectivity index (χ0) is 12.0. The van der Waals surface area contributed by atoms with Gasteiger partial charge in [0, 0.05) is 5.41 Å². The highest BCUT2D eigenvalue weighted by atomic mass is 16.5. The molecule has 0 bridgehead atoms. The van der Waals surface area contributed by atoms with E-state index in [1.807, 2.05) is 25.1 Å². The van der Waals surface area contributed by atoms with E-state index in [-0.39, 0.29) is 5.41 Å². The summed E-state index contributed by atoms with van der Waals surface area (Å²) >= 11 is 0. The largest absolute Gasteiger partial charge is 0.479 e. The minimum Gasteiger partial charge on any atom is -0.479 e. The standard InChI is InChI=1S/C14H18O2/c1-10-11-7-5-6-8-12(11)16-14(4,9-15)13(10,2)3/h5-10H,1-4H3. The molecule has 0 radical (unpaired) electrons. The molecule has 1 heterocycles. The van der Waals surface area contributed by atoms with E-state index in [2.05, 4.69) is 26.8 Å². The van der Waals surface area contributed by atoms with E-state index in [1.165, 1.54) is 5.56 Å². The van der Waals surface area contributed by atoms with Gasteiger partial charge in [-0.3, -0.25) is 4.79 Å². The fraction of sp³-hybridized carbons (Fsp3) is 0.500. The van der Waals surface area contributed by atoms with E-state index in [4.69, 9.17) is 4.74 Å². The van der Waals surface area contributed by atoms with Crippen molar-refractivity contribution in [2.24, 2.45) is 5.41 Å². The Bertz CT molecular complexity index is 422. The maximum atomic E-state index is 11.3. The minimum atomic E-state index is -0.749. The molecule has 0 saturated carbocycles. The predicted molar refractivity (Wildman–Crippen MR) is 63.7 cm³/mol. The van der Waals surface area contributed by atoms with E-state index in [0.717, 1.165) is 12.0 Å². The van der Waals surface area contributed by atoms with Gasteiger partial charge in [-0.15, -0.1) is 0 Å². The van der Waals surface area contributed by atoms with Gasteiger partial charge in [-0.25, -0.2) is 0 Å². The first kappa shape index (κ1) is 11.2. The van der Waals surface area contributed by atoms with Crippen molar-refractivity contribution in [3.05, 3.63) is 29.8 Å². The zero-order valence-electron chi connectivity index (χ0n) is 10.3. The van der Waals surface area contributed by atoms with Gasteiger partial charge in [0.25, 0.3) is 0 Å². The number of ether oxygens (including phenoxy) is 1. The van der Waals surface area contributed by atoms with E-state index in [0.29, 0.717) is 5.92 Å². The molecule has 0 spiro atoms. The van der Waals surface area contributed by atoms with Gasteiger partial charge >= 0.3 is 0 Å². The lowest BCUT2D eigenvalue weighted by atomic mass is 9.64. The molecule has 0 aromatic heterocycles. The van der Waals surface area contributed by atoms with Gasteiger partial charge < -0.3 is 4.74 Å². The Kier molecular flexibility index (Phi) is 2.33. The van der Waals surface area contributed by atoms with Gasteiger partial charge in [0.2, 0.25) is 0 Å². The Labute approximate surface area is 96.6 Å². The van der Waals surface area contributed by atoms with Gasteiger partial charge in [-0.2, -0.15) is 0 Å². The molecule has 2 unspecified atom stereocenters. The monoisotopic (exact) mass is 218 g/mol. The highest BCUT2D eigenvalue weighted by molar-refractivity contribution is 5.66. The fourth-order valence-electron chi connectivity index (χ4n) is 2.29. The van der Waals surface area contributed by atoms with E-state index < -0.39 is 5.60 Å². The van der Waals surface area contributed by atoms with E-state index >= 15 is 0 Å². The third-order valence-electron chi connectivity index (χ3n) is 4.29. The number of para-hydroxylation sites is 1. The molecule has 1 aromatic carbocycles. The van der Waals surface area contributed by atoms with Crippen LogP contribution in [0.4, 0.5) is 0 Å². The summed E-state index contributed by atoms with van der Waals surface area (Å²) in [5.74, 6) is 1.14. The SMILES string of the molecule is CC1c2ccccc2OC(C)(C=O)C1(C)C. The van der Waals surface area contributed by atoms with Gasteiger partial charge in [0.15, 0.2) is 11.9 Å². The quantitative estimate of drug-likeness (QED) is 0.677. The molecule has 2 nitrogen and oxygen atoms in total. The van der Waals surface area contributed by atoms with Crippen molar-refractivity contribution >= 4 is 6.29 Å². The molecule has 1 aliphatic heterocycles. The zero-order valence-corrected chi connectivity index (χ0v) is 10.3. The predicted octanol–water partition coefficient (Wildman–Crippen LogP) is 3.17.